The Labute approximate surface area is 183 Å². The molecule has 2 saturated heterocycles. The summed E-state index contributed by atoms with van der Waals surface area (Å²) >= 11 is 0. The molecule has 2 heterocycles. The Balaban J connectivity index is 0.000000451. The average Bonchev–Trinajstić information content (AvgIpc) is 2.97. The number of sulfone groups is 1. The maximum Gasteiger partial charge on any atom is 0.490 e. The van der Waals surface area contributed by atoms with Crippen LogP contribution in [-0.2, 0) is 21.2 Å². The molecule has 1 aromatic carbocycles. The van der Waals surface area contributed by atoms with Crippen LogP contribution in [-0.4, -0.2) is 79.5 Å². The van der Waals surface area contributed by atoms with Crippen LogP contribution in [0.5, 0.6) is 0 Å². The Bertz CT molecular complexity index is 949. The monoisotopic (exact) mass is 483 g/mol. The molecule has 1 aromatic rings. The number of aliphatic carboxylic acids is 1. The summed E-state index contributed by atoms with van der Waals surface area (Å²) in [7, 11) is -3.45. The van der Waals surface area contributed by atoms with Crippen molar-refractivity contribution in [2.24, 2.45) is 0 Å². The zero-order chi connectivity index (χ0) is 24.3. The summed E-state index contributed by atoms with van der Waals surface area (Å²) in [5.41, 5.74) is 0.333. The molecule has 2 aliphatic heterocycles. The number of hydrogen-bond donors (Lipinski definition) is 2. The lowest BCUT2D eigenvalue weighted by Gasteiger charge is -2.31. The maximum absolute atomic E-state index is 14.3. The summed E-state index contributed by atoms with van der Waals surface area (Å²) in [6.45, 7) is 4.57. The largest absolute Gasteiger partial charge is 0.490 e. The van der Waals surface area contributed by atoms with E-state index in [2.05, 4.69) is 5.32 Å². The molecule has 2 N–H and O–H groups in total. The fourth-order valence-corrected chi connectivity index (χ4v) is 4.17. The van der Waals surface area contributed by atoms with Gasteiger partial charge in [0.15, 0.2) is 9.84 Å². The first kappa shape index (κ1) is 25.8. The summed E-state index contributed by atoms with van der Waals surface area (Å²) in [5, 5.41) is 10.4. The zero-order valence-electron chi connectivity index (χ0n) is 17.5. The number of carbonyl (C=O) groups excluding carboxylic acids is 1. The normalized spacial score (nSPS) is 20.2. The molecular formula is C19H25F4N3O5S. The van der Waals surface area contributed by atoms with Gasteiger partial charge < -0.3 is 20.2 Å². The van der Waals surface area contributed by atoms with Crippen LogP contribution in [0, 0.1) is 5.82 Å². The molecular weight excluding hydrogens is 458 g/mol. The van der Waals surface area contributed by atoms with Crippen LogP contribution < -0.4 is 5.32 Å². The van der Waals surface area contributed by atoms with Crippen molar-refractivity contribution in [1.82, 2.24) is 15.1 Å². The number of amides is 2. The lowest BCUT2D eigenvalue weighted by Crippen LogP contribution is -2.45. The van der Waals surface area contributed by atoms with E-state index in [-0.39, 0.29) is 29.6 Å². The molecule has 3 rings (SSSR count). The molecule has 2 fully saturated rings. The van der Waals surface area contributed by atoms with Crippen LogP contribution in [0.4, 0.5) is 22.4 Å². The highest BCUT2D eigenvalue weighted by Crippen LogP contribution is 2.26. The molecule has 8 nitrogen and oxygen atoms in total. The number of carboxylic acids is 1. The van der Waals surface area contributed by atoms with Gasteiger partial charge in [0.25, 0.3) is 0 Å². The Morgan fingerprint density at radius 1 is 1.25 bits per heavy atom. The van der Waals surface area contributed by atoms with Crippen molar-refractivity contribution >= 4 is 21.8 Å². The zero-order valence-corrected chi connectivity index (χ0v) is 18.3. The van der Waals surface area contributed by atoms with Crippen LogP contribution in [0.15, 0.2) is 23.1 Å². The van der Waals surface area contributed by atoms with E-state index in [0.717, 1.165) is 38.3 Å². The Morgan fingerprint density at radius 3 is 2.28 bits per heavy atom. The second kappa shape index (κ2) is 10.0. The van der Waals surface area contributed by atoms with Crippen molar-refractivity contribution < 1.29 is 40.7 Å². The number of alkyl halides is 3. The Hall–Kier alpha value is -2.41. The van der Waals surface area contributed by atoms with E-state index < -0.39 is 27.8 Å². The highest BCUT2D eigenvalue weighted by molar-refractivity contribution is 7.90. The van der Waals surface area contributed by atoms with E-state index in [1.165, 1.54) is 12.1 Å². The molecule has 32 heavy (non-hydrogen) atoms. The number of benzene rings is 1. The van der Waals surface area contributed by atoms with Crippen molar-refractivity contribution in [3.8, 4) is 0 Å². The van der Waals surface area contributed by atoms with Gasteiger partial charge in [-0.05, 0) is 45.0 Å². The lowest BCUT2D eigenvalue weighted by atomic mass is 10.1. The summed E-state index contributed by atoms with van der Waals surface area (Å²) in [5.74, 6) is -3.35. The van der Waals surface area contributed by atoms with Crippen molar-refractivity contribution in [3.05, 3.63) is 29.6 Å². The summed E-state index contributed by atoms with van der Waals surface area (Å²) in [6.07, 6.45) is -2.17. The predicted molar refractivity (Wildman–Crippen MR) is 106 cm³/mol. The van der Waals surface area contributed by atoms with Gasteiger partial charge in [0.1, 0.15) is 5.82 Å². The third-order valence-corrected chi connectivity index (χ3v) is 6.38. The second-order valence-corrected chi connectivity index (χ2v) is 9.74. The van der Waals surface area contributed by atoms with E-state index in [1.807, 2.05) is 11.8 Å². The molecule has 1 unspecified atom stereocenters. The first-order valence-electron chi connectivity index (χ1n) is 9.78. The molecule has 2 amide bonds. The number of nitrogens with one attached hydrogen (secondary N) is 1. The van der Waals surface area contributed by atoms with E-state index in [9.17, 15) is 30.8 Å². The topological polar surface area (TPSA) is 107 Å². The minimum Gasteiger partial charge on any atom is -0.475 e. The fourth-order valence-electron chi connectivity index (χ4n) is 3.53. The van der Waals surface area contributed by atoms with E-state index in [4.69, 9.17) is 9.90 Å². The third-order valence-electron chi connectivity index (χ3n) is 5.27. The number of halogens is 4. The maximum atomic E-state index is 14.3. The molecule has 0 aliphatic carbocycles. The number of piperidine rings is 1. The number of carbonyl (C=O) groups is 2. The minimum absolute atomic E-state index is 0.00336. The van der Waals surface area contributed by atoms with E-state index in [0.29, 0.717) is 12.1 Å². The quantitative estimate of drug-likeness (QED) is 0.637. The molecule has 180 valence electrons. The first-order valence-corrected chi connectivity index (χ1v) is 11.7. The number of rotatable bonds is 4. The van der Waals surface area contributed by atoms with E-state index >= 15 is 0 Å². The molecule has 1 atom stereocenters. The summed E-state index contributed by atoms with van der Waals surface area (Å²) < 4.78 is 69.1. The second-order valence-electron chi connectivity index (χ2n) is 7.72. The minimum atomic E-state index is -5.08. The molecule has 2 aliphatic rings. The van der Waals surface area contributed by atoms with Crippen molar-refractivity contribution in [1.29, 1.82) is 0 Å². The average molecular weight is 483 g/mol. The molecule has 0 aromatic heterocycles. The SMILES string of the molecule is CC1CN(C2CCNCC2)C(=O)N1Cc1ccc(S(C)(=O)=O)cc1F.O=C(O)C(F)(F)F. The Kier molecular flexibility index (Phi) is 8.10. The summed E-state index contributed by atoms with van der Waals surface area (Å²) in [4.78, 5) is 25.2. The van der Waals surface area contributed by atoms with Crippen LogP contribution in [0.3, 0.4) is 0 Å². The van der Waals surface area contributed by atoms with Gasteiger partial charge in [0, 0.05) is 30.4 Å². The van der Waals surface area contributed by atoms with Gasteiger partial charge in [0.2, 0.25) is 0 Å². The highest BCUT2D eigenvalue weighted by atomic mass is 32.2. The number of hydrogen-bond acceptors (Lipinski definition) is 5. The third kappa shape index (κ3) is 6.55. The van der Waals surface area contributed by atoms with Gasteiger partial charge in [-0.1, -0.05) is 6.07 Å². The van der Waals surface area contributed by atoms with Crippen LogP contribution in [0.25, 0.3) is 0 Å². The summed E-state index contributed by atoms with van der Waals surface area (Å²) in [6, 6.07) is 4.05. The Morgan fingerprint density at radius 2 is 1.81 bits per heavy atom. The lowest BCUT2D eigenvalue weighted by molar-refractivity contribution is -0.192. The van der Waals surface area contributed by atoms with Gasteiger partial charge >= 0.3 is 18.2 Å². The molecule has 0 bridgehead atoms. The van der Waals surface area contributed by atoms with Crippen LogP contribution in [0.1, 0.15) is 25.3 Å². The number of carboxylic acid groups (broad SMARTS) is 1. The van der Waals surface area contributed by atoms with E-state index in [1.54, 1.807) is 4.90 Å². The molecule has 0 radical (unpaired) electrons. The van der Waals surface area contributed by atoms with Crippen LogP contribution in [0.2, 0.25) is 0 Å². The van der Waals surface area contributed by atoms with Gasteiger partial charge in [-0.3, -0.25) is 0 Å². The van der Waals surface area contributed by atoms with Crippen molar-refractivity contribution in [2.75, 3.05) is 25.9 Å². The predicted octanol–water partition coefficient (Wildman–Crippen LogP) is 2.24. The van der Waals surface area contributed by atoms with Crippen molar-refractivity contribution in [3.63, 3.8) is 0 Å². The van der Waals surface area contributed by atoms with Gasteiger partial charge in [0.05, 0.1) is 11.4 Å². The molecule has 13 heteroatoms. The molecule has 0 spiro atoms. The standard InChI is InChI=1S/C17H24FN3O3S.C2HF3O2/c1-12-10-21(14-5-7-19-8-6-14)17(22)20(12)11-13-3-4-15(9-16(13)18)25(2,23)24;3-2(4,5)1(6)7/h3-4,9,12,14,19H,5-8,10-11H2,1-2H3;(H,6,7). The smallest absolute Gasteiger partial charge is 0.475 e. The first-order chi connectivity index (χ1) is 14.7. The van der Waals surface area contributed by atoms with Gasteiger partial charge in [-0.15, -0.1) is 0 Å². The van der Waals surface area contributed by atoms with Crippen molar-refractivity contribution in [2.45, 2.75) is 49.5 Å². The van der Waals surface area contributed by atoms with Gasteiger partial charge in [-0.25, -0.2) is 22.4 Å². The number of urea groups is 1. The van der Waals surface area contributed by atoms with Crippen LogP contribution >= 0.6 is 0 Å². The fraction of sp³-hybridized carbons (Fsp3) is 0.579. The highest BCUT2D eigenvalue weighted by Gasteiger charge is 2.39. The van der Waals surface area contributed by atoms with Gasteiger partial charge in [-0.2, -0.15) is 13.2 Å². The molecule has 0 saturated carbocycles. The number of nitrogens with zero attached hydrogens (tertiary/aromatic N) is 2.